The summed E-state index contributed by atoms with van der Waals surface area (Å²) in [5, 5.41) is 8.47. The normalized spacial score (nSPS) is 17.5. The molecule has 1 aliphatic carbocycles. The molecular weight excluding hydrogens is 298 g/mol. The minimum absolute atomic E-state index is 0.0910. The van der Waals surface area contributed by atoms with Crippen molar-refractivity contribution in [3.63, 3.8) is 0 Å². The van der Waals surface area contributed by atoms with Crippen LogP contribution in [0.2, 0.25) is 0 Å². The standard InChI is InChI=1S/C20H21N3O/c1-12-7-8-21-13(2)19(12)16-6-5-15-10-18(22-11-17(15)9-16)23-20(24)14-3-4-14/h5-7,9-11,14,21H,3-4,8H2,1-2H3,(H,22,23,24). The van der Waals surface area contributed by atoms with E-state index in [4.69, 9.17) is 0 Å². The Labute approximate surface area is 141 Å². The van der Waals surface area contributed by atoms with Crippen molar-refractivity contribution in [2.24, 2.45) is 5.92 Å². The van der Waals surface area contributed by atoms with E-state index in [1.165, 1.54) is 22.4 Å². The molecule has 0 radical (unpaired) electrons. The van der Waals surface area contributed by atoms with Crippen LogP contribution in [-0.2, 0) is 4.79 Å². The Morgan fingerprint density at radius 1 is 1.21 bits per heavy atom. The number of anilines is 1. The van der Waals surface area contributed by atoms with Gasteiger partial charge in [-0.1, -0.05) is 18.2 Å². The maximum atomic E-state index is 11.9. The van der Waals surface area contributed by atoms with E-state index < -0.39 is 0 Å². The lowest BCUT2D eigenvalue weighted by Gasteiger charge is -2.20. The quantitative estimate of drug-likeness (QED) is 0.903. The van der Waals surface area contributed by atoms with Gasteiger partial charge in [0.1, 0.15) is 5.82 Å². The molecule has 122 valence electrons. The summed E-state index contributed by atoms with van der Waals surface area (Å²) in [5.74, 6) is 0.916. The third-order valence-electron chi connectivity index (χ3n) is 4.75. The second kappa shape index (κ2) is 5.78. The Kier molecular flexibility index (Phi) is 3.60. The Bertz CT molecular complexity index is 891. The summed E-state index contributed by atoms with van der Waals surface area (Å²) in [4.78, 5) is 16.3. The molecule has 1 aromatic heterocycles. The highest BCUT2D eigenvalue weighted by Crippen LogP contribution is 2.32. The molecule has 0 saturated heterocycles. The number of allylic oxidation sites excluding steroid dienone is 3. The first-order chi connectivity index (χ1) is 11.6. The number of aromatic nitrogens is 1. The zero-order chi connectivity index (χ0) is 16.7. The molecule has 1 amide bonds. The highest BCUT2D eigenvalue weighted by molar-refractivity contribution is 5.96. The summed E-state index contributed by atoms with van der Waals surface area (Å²) < 4.78 is 0. The zero-order valence-corrected chi connectivity index (χ0v) is 14.0. The van der Waals surface area contributed by atoms with Gasteiger partial charge in [0.25, 0.3) is 0 Å². The van der Waals surface area contributed by atoms with Gasteiger partial charge in [0.15, 0.2) is 0 Å². The van der Waals surface area contributed by atoms with Crippen molar-refractivity contribution >= 4 is 28.1 Å². The molecule has 1 saturated carbocycles. The van der Waals surface area contributed by atoms with Gasteiger partial charge in [0.05, 0.1) is 0 Å². The minimum atomic E-state index is 0.0910. The van der Waals surface area contributed by atoms with Crippen LogP contribution in [0.15, 0.2) is 47.8 Å². The van der Waals surface area contributed by atoms with Gasteiger partial charge >= 0.3 is 0 Å². The number of benzene rings is 1. The van der Waals surface area contributed by atoms with Crippen LogP contribution < -0.4 is 10.6 Å². The van der Waals surface area contributed by atoms with E-state index in [9.17, 15) is 4.79 Å². The first-order valence-corrected chi connectivity index (χ1v) is 8.45. The largest absolute Gasteiger partial charge is 0.385 e. The molecule has 2 N–H and O–H groups in total. The van der Waals surface area contributed by atoms with E-state index in [1.54, 1.807) is 0 Å². The van der Waals surface area contributed by atoms with Crippen LogP contribution in [0, 0.1) is 5.92 Å². The molecule has 0 bridgehead atoms. The van der Waals surface area contributed by atoms with Crippen molar-refractivity contribution in [1.82, 2.24) is 10.3 Å². The lowest BCUT2D eigenvalue weighted by Crippen LogP contribution is -2.17. The van der Waals surface area contributed by atoms with Crippen LogP contribution in [0.5, 0.6) is 0 Å². The van der Waals surface area contributed by atoms with Crippen molar-refractivity contribution in [2.45, 2.75) is 26.7 Å². The molecule has 4 heteroatoms. The van der Waals surface area contributed by atoms with Gasteiger partial charge in [-0.05, 0) is 55.3 Å². The van der Waals surface area contributed by atoms with Gasteiger partial charge in [0, 0.05) is 35.3 Å². The van der Waals surface area contributed by atoms with E-state index >= 15 is 0 Å². The average molecular weight is 319 g/mol. The maximum Gasteiger partial charge on any atom is 0.228 e. The Morgan fingerprint density at radius 3 is 2.79 bits per heavy atom. The number of dihydropyridines is 1. The number of amides is 1. The fourth-order valence-corrected chi connectivity index (χ4v) is 3.23. The molecular formula is C20H21N3O. The number of pyridine rings is 1. The number of hydrogen-bond acceptors (Lipinski definition) is 3. The molecule has 0 spiro atoms. The van der Waals surface area contributed by atoms with Crippen LogP contribution in [0.25, 0.3) is 16.3 Å². The fraction of sp³-hybridized carbons (Fsp3) is 0.300. The second-order valence-electron chi connectivity index (χ2n) is 6.66. The number of rotatable bonds is 3. The predicted molar refractivity (Wildman–Crippen MR) is 97.5 cm³/mol. The number of nitrogens with zero attached hydrogens (tertiary/aromatic N) is 1. The average Bonchev–Trinajstić information content (AvgIpc) is 3.39. The summed E-state index contributed by atoms with van der Waals surface area (Å²) >= 11 is 0. The van der Waals surface area contributed by atoms with Crippen molar-refractivity contribution in [3.8, 4) is 0 Å². The molecule has 2 aliphatic rings. The molecule has 0 unspecified atom stereocenters. The molecule has 1 aromatic carbocycles. The van der Waals surface area contributed by atoms with Crippen LogP contribution in [0.3, 0.4) is 0 Å². The second-order valence-corrected chi connectivity index (χ2v) is 6.66. The SMILES string of the molecule is CC1=CCNC(C)=C1c1ccc2cc(NC(=O)C3CC3)ncc2c1. The third kappa shape index (κ3) is 2.80. The lowest BCUT2D eigenvalue weighted by molar-refractivity contribution is -0.117. The van der Waals surface area contributed by atoms with E-state index in [0.29, 0.717) is 5.82 Å². The molecule has 1 aliphatic heterocycles. The van der Waals surface area contributed by atoms with E-state index in [-0.39, 0.29) is 11.8 Å². The van der Waals surface area contributed by atoms with Crippen LogP contribution in [0.4, 0.5) is 5.82 Å². The third-order valence-corrected chi connectivity index (χ3v) is 4.75. The first-order valence-electron chi connectivity index (χ1n) is 8.45. The van der Waals surface area contributed by atoms with Crippen molar-refractivity contribution in [1.29, 1.82) is 0 Å². The van der Waals surface area contributed by atoms with Crippen LogP contribution >= 0.6 is 0 Å². The Morgan fingerprint density at radius 2 is 2.04 bits per heavy atom. The van der Waals surface area contributed by atoms with Crippen molar-refractivity contribution < 1.29 is 4.79 Å². The van der Waals surface area contributed by atoms with Gasteiger partial charge < -0.3 is 10.6 Å². The fourth-order valence-electron chi connectivity index (χ4n) is 3.23. The summed E-state index contributed by atoms with van der Waals surface area (Å²) in [7, 11) is 0. The van der Waals surface area contributed by atoms with Crippen LogP contribution in [-0.4, -0.2) is 17.4 Å². The zero-order valence-electron chi connectivity index (χ0n) is 14.0. The molecule has 1 fully saturated rings. The van der Waals surface area contributed by atoms with Gasteiger partial charge in [0.2, 0.25) is 5.91 Å². The summed E-state index contributed by atoms with van der Waals surface area (Å²) in [6.45, 7) is 5.16. The van der Waals surface area contributed by atoms with Gasteiger partial charge in [-0.2, -0.15) is 0 Å². The van der Waals surface area contributed by atoms with E-state index in [0.717, 1.165) is 30.2 Å². The van der Waals surface area contributed by atoms with E-state index in [2.05, 4.69) is 53.7 Å². The molecule has 2 aromatic rings. The topological polar surface area (TPSA) is 54.0 Å². The Balaban J connectivity index is 1.66. The lowest BCUT2D eigenvalue weighted by atomic mass is 9.93. The number of nitrogens with one attached hydrogen (secondary N) is 2. The van der Waals surface area contributed by atoms with Gasteiger partial charge in [-0.3, -0.25) is 4.79 Å². The molecule has 4 nitrogen and oxygen atoms in total. The monoisotopic (exact) mass is 319 g/mol. The van der Waals surface area contributed by atoms with Gasteiger partial charge in [-0.25, -0.2) is 4.98 Å². The Hall–Kier alpha value is -2.62. The number of carbonyl (C=O) groups excluding carboxylic acids is 1. The van der Waals surface area contributed by atoms with Crippen molar-refractivity contribution in [2.75, 3.05) is 11.9 Å². The molecule has 2 heterocycles. The summed E-state index contributed by atoms with van der Waals surface area (Å²) in [5.41, 5.74) is 4.95. The molecule has 0 atom stereocenters. The smallest absolute Gasteiger partial charge is 0.228 e. The number of fused-ring (bicyclic) bond motifs is 1. The van der Waals surface area contributed by atoms with E-state index in [1.807, 2.05) is 12.3 Å². The summed E-state index contributed by atoms with van der Waals surface area (Å²) in [6.07, 6.45) is 6.05. The number of hydrogen-bond donors (Lipinski definition) is 2. The number of carbonyl (C=O) groups is 1. The maximum absolute atomic E-state index is 11.9. The minimum Gasteiger partial charge on any atom is -0.385 e. The van der Waals surface area contributed by atoms with Gasteiger partial charge in [-0.15, -0.1) is 0 Å². The molecule has 24 heavy (non-hydrogen) atoms. The first kappa shape index (κ1) is 14.9. The molecule has 4 rings (SSSR count). The predicted octanol–water partition coefficient (Wildman–Crippen LogP) is 3.86. The van der Waals surface area contributed by atoms with Crippen LogP contribution in [0.1, 0.15) is 32.3 Å². The highest BCUT2D eigenvalue weighted by atomic mass is 16.2. The highest BCUT2D eigenvalue weighted by Gasteiger charge is 2.29. The van der Waals surface area contributed by atoms with Crippen molar-refractivity contribution in [3.05, 3.63) is 53.4 Å². The summed E-state index contributed by atoms with van der Waals surface area (Å²) in [6, 6.07) is 8.35.